The molecule has 94 valence electrons. The molecular formula is C14H16BrN3. The van der Waals surface area contributed by atoms with Crippen molar-refractivity contribution in [3.8, 4) is 11.3 Å². The Hall–Kier alpha value is -1.26. The van der Waals surface area contributed by atoms with Crippen molar-refractivity contribution in [2.45, 2.75) is 26.4 Å². The highest BCUT2D eigenvalue weighted by Crippen LogP contribution is 2.19. The first-order chi connectivity index (χ1) is 8.65. The molecular weight excluding hydrogens is 290 g/mol. The fourth-order valence-corrected chi connectivity index (χ4v) is 1.83. The van der Waals surface area contributed by atoms with Gasteiger partial charge in [-0.25, -0.2) is 9.97 Å². The quantitative estimate of drug-likeness (QED) is 0.940. The molecule has 0 saturated carbocycles. The summed E-state index contributed by atoms with van der Waals surface area (Å²) in [6.45, 7) is 4.92. The second-order valence-corrected chi connectivity index (χ2v) is 5.32. The van der Waals surface area contributed by atoms with Crippen LogP contribution in [0.1, 0.15) is 19.7 Å². The van der Waals surface area contributed by atoms with E-state index in [2.05, 4.69) is 45.1 Å². The summed E-state index contributed by atoms with van der Waals surface area (Å²) in [6.07, 6.45) is 1.81. The van der Waals surface area contributed by atoms with E-state index in [0.717, 1.165) is 21.6 Å². The Labute approximate surface area is 116 Å². The van der Waals surface area contributed by atoms with E-state index >= 15 is 0 Å². The number of aromatic nitrogens is 2. The van der Waals surface area contributed by atoms with Gasteiger partial charge in [-0.1, -0.05) is 41.9 Å². The van der Waals surface area contributed by atoms with Crippen molar-refractivity contribution in [3.05, 3.63) is 46.8 Å². The molecule has 0 aliphatic carbocycles. The minimum absolute atomic E-state index is 0.435. The van der Waals surface area contributed by atoms with E-state index in [-0.39, 0.29) is 0 Å². The fourth-order valence-electron chi connectivity index (χ4n) is 1.56. The molecule has 0 amide bonds. The monoisotopic (exact) mass is 305 g/mol. The molecule has 0 bridgehead atoms. The number of nitrogens with one attached hydrogen (secondary N) is 1. The molecule has 18 heavy (non-hydrogen) atoms. The highest BCUT2D eigenvalue weighted by Gasteiger charge is 2.02. The lowest BCUT2D eigenvalue weighted by atomic mass is 10.1. The van der Waals surface area contributed by atoms with E-state index < -0.39 is 0 Å². The maximum atomic E-state index is 4.56. The van der Waals surface area contributed by atoms with Gasteiger partial charge in [0, 0.05) is 22.3 Å². The standard InChI is InChI=1S/C14H16BrN3/c1-10(2)17-9-14-16-8-7-13(18-14)11-3-5-12(15)6-4-11/h3-8,10,17H,9H2,1-2H3. The summed E-state index contributed by atoms with van der Waals surface area (Å²) in [4.78, 5) is 8.83. The molecule has 0 aliphatic rings. The Balaban J connectivity index is 2.18. The van der Waals surface area contributed by atoms with Crippen LogP contribution in [0.5, 0.6) is 0 Å². The molecule has 0 spiro atoms. The summed E-state index contributed by atoms with van der Waals surface area (Å²) in [5.74, 6) is 0.823. The van der Waals surface area contributed by atoms with Crippen LogP contribution in [-0.4, -0.2) is 16.0 Å². The maximum absolute atomic E-state index is 4.56. The highest BCUT2D eigenvalue weighted by molar-refractivity contribution is 9.10. The van der Waals surface area contributed by atoms with Crippen LogP contribution in [0.15, 0.2) is 41.0 Å². The first-order valence-corrected chi connectivity index (χ1v) is 6.75. The van der Waals surface area contributed by atoms with Crippen LogP contribution in [0, 0.1) is 0 Å². The normalized spacial score (nSPS) is 10.9. The Kier molecular flexibility index (Phi) is 4.44. The van der Waals surface area contributed by atoms with Gasteiger partial charge in [0.2, 0.25) is 0 Å². The number of hydrogen-bond acceptors (Lipinski definition) is 3. The van der Waals surface area contributed by atoms with Crippen molar-refractivity contribution < 1.29 is 0 Å². The molecule has 3 nitrogen and oxygen atoms in total. The van der Waals surface area contributed by atoms with Crippen LogP contribution in [0.25, 0.3) is 11.3 Å². The summed E-state index contributed by atoms with van der Waals surface area (Å²) >= 11 is 3.43. The number of nitrogens with zero attached hydrogens (tertiary/aromatic N) is 2. The molecule has 0 aliphatic heterocycles. The topological polar surface area (TPSA) is 37.8 Å². The van der Waals surface area contributed by atoms with Crippen molar-refractivity contribution in [1.29, 1.82) is 0 Å². The van der Waals surface area contributed by atoms with Crippen LogP contribution < -0.4 is 5.32 Å². The van der Waals surface area contributed by atoms with E-state index in [1.807, 2.05) is 36.5 Å². The maximum Gasteiger partial charge on any atom is 0.142 e. The molecule has 2 aromatic rings. The van der Waals surface area contributed by atoms with E-state index in [1.165, 1.54) is 0 Å². The van der Waals surface area contributed by atoms with Gasteiger partial charge >= 0.3 is 0 Å². The summed E-state index contributed by atoms with van der Waals surface area (Å²) in [5, 5.41) is 3.32. The first-order valence-electron chi connectivity index (χ1n) is 5.96. The van der Waals surface area contributed by atoms with Gasteiger partial charge in [0.25, 0.3) is 0 Å². The highest BCUT2D eigenvalue weighted by atomic mass is 79.9. The zero-order valence-electron chi connectivity index (χ0n) is 10.5. The van der Waals surface area contributed by atoms with E-state index in [1.54, 1.807) is 0 Å². The lowest BCUT2D eigenvalue weighted by molar-refractivity contribution is 0.572. The molecule has 0 fully saturated rings. The molecule has 1 aromatic heterocycles. The lowest BCUT2D eigenvalue weighted by Crippen LogP contribution is -2.23. The Morgan fingerprint density at radius 2 is 1.89 bits per heavy atom. The van der Waals surface area contributed by atoms with Crippen molar-refractivity contribution in [2.24, 2.45) is 0 Å². The Bertz CT molecular complexity index is 509. The molecule has 1 N–H and O–H groups in total. The predicted octanol–water partition coefficient (Wildman–Crippen LogP) is 3.40. The van der Waals surface area contributed by atoms with Crippen LogP contribution >= 0.6 is 15.9 Å². The number of benzene rings is 1. The molecule has 1 aromatic carbocycles. The lowest BCUT2D eigenvalue weighted by Gasteiger charge is -2.08. The zero-order valence-corrected chi connectivity index (χ0v) is 12.1. The summed E-state index contributed by atoms with van der Waals surface area (Å²) in [7, 11) is 0. The SMILES string of the molecule is CC(C)NCc1nccc(-c2ccc(Br)cc2)n1. The van der Waals surface area contributed by atoms with Gasteiger partial charge in [-0.2, -0.15) is 0 Å². The van der Waals surface area contributed by atoms with Gasteiger partial charge in [0.05, 0.1) is 12.2 Å². The average molecular weight is 306 g/mol. The predicted molar refractivity (Wildman–Crippen MR) is 77.1 cm³/mol. The molecule has 0 radical (unpaired) electrons. The van der Waals surface area contributed by atoms with E-state index in [9.17, 15) is 0 Å². The Morgan fingerprint density at radius 3 is 2.56 bits per heavy atom. The van der Waals surface area contributed by atoms with Gasteiger partial charge in [0.15, 0.2) is 0 Å². The van der Waals surface area contributed by atoms with Gasteiger partial charge in [-0.05, 0) is 18.2 Å². The number of rotatable bonds is 4. The van der Waals surface area contributed by atoms with Crippen LogP contribution in [0.4, 0.5) is 0 Å². The number of hydrogen-bond donors (Lipinski definition) is 1. The smallest absolute Gasteiger partial charge is 0.142 e. The third kappa shape index (κ3) is 3.62. The molecule has 4 heteroatoms. The third-order valence-corrected chi connectivity index (χ3v) is 3.04. The number of halogens is 1. The van der Waals surface area contributed by atoms with Crippen molar-refractivity contribution in [1.82, 2.24) is 15.3 Å². The minimum Gasteiger partial charge on any atom is -0.308 e. The van der Waals surface area contributed by atoms with Gasteiger partial charge < -0.3 is 5.32 Å². The molecule has 0 unspecified atom stereocenters. The van der Waals surface area contributed by atoms with E-state index in [4.69, 9.17) is 0 Å². The summed E-state index contributed by atoms with van der Waals surface area (Å²) in [5.41, 5.74) is 2.06. The van der Waals surface area contributed by atoms with Crippen molar-refractivity contribution in [3.63, 3.8) is 0 Å². The van der Waals surface area contributed by atoms with Gasteiger partial charge in [-0.3, -0.25) is 0 Å². The van der Waals surface area contributed by atoms with Crippen molar-refractivity contribution in [2.75, 3.05) is 0 Å². The molecule has 0 saturated heterocycles. The molecule has 0 atom stereocenters. The third-order valence-electron chi connectivity index (χ3n) is 2.51. The minimum atomic E-state index is 0.435. The largest absolute Gasteiger partial charge is 0.308 e. The first kappa shape index (κ1) is 13.2. The second-order valence-electron chi connectivity index (χ2n) is 4.40. The van der Waals surface area contributed by atoms with Gasteiger partial charge in [0.1, 0.15) is 5.82 Å². The average Bonchev–Trinajstić information content (AvgIpc) is 2.37. The van der Waals surface area contributed by atoms with Crippen molar-refractivity contribution >= 4 is 15.9 Å². The summed E-state index contributed by atoms with van der Waals surface area (Å²) < 4.78 is 1.07. The molecule has 2 rings (SSSR count). The molecule has 1 heterocycles. The van der Waals surface area contributed by atoms with Crippen LogP contribution in [-0.2, 0) is 6.54 Å². The van der Waals surface area contributed by atoms with Crippen LogP contribution in [0.2, 0.25) is 0 Å². The van der Waals surface area contributed by atoms with Gasteiger partial charge in [-0.15, -0.1) is 0 Å². The zero-order chi connectivity index (χ0) is 13.0. The summed E-state index contributed by atoms with van der Waals surface area (Å²) in [6, 6.07) is 10.5. The second kappa shape index (κ2) is 6.07. The van der Waals surface area contributed by atoms with Crippen LogP contribution in [0.3, 0.4) is 0 Å². The fraction of sp³-hybridized carbons (Fsp3) is 0.286. The van der Waals surface area contributed by atoms with E-state index in [0.29, 0.717) is 12.6 Å². The Morgan fingerprint density at radius 1 is 1.17 bits per heavy atom.